The number of benzene rings is 1. The highest BCUT2D eigenvalue weighted by Crippen LogP contribution is 2.17. The van der Waals surface area contributed by atoms with Gasteiger partial charge in [0, 0.05) is 46.7 Å². The van der Waals surface area contributed by atoms with Crippen LogP contribution >= 0.6 is 0 Å². The third kappa shape index (κ3) is 6.98. The molecule has 0 aliphatic carbocycles. The van der Waals surface area contributed by atoms with Crippen molar-refractivity contribution in [3.63, 3.8) is 0 Å². The minimum Gasteiger partial charge on any atom is -0.435 e. The van der Waals surface area contributed by atoms with E-state index < -0.39 is 6.61 Å². The van der Waals surface area contributed by atoms with E-state index in [-0.39, 0.29) is 11.7 Å². The van der Waals surface area contributed by atoms with Gasteiger partial charge < -0.3 is 19.9 Å². The summed E-state index contributed by atoms with van der Waals surface area (Å²) < 4.78 is 28.8. The lowest BCUT2D eigenvalue weighted by Crippen LogP contribution is -2.42. The van der Waals surface area contributed by atoms with Gasteiger partial charge in [-0.05, 0) is 36.5 Å². The van der Waals surface area contributed by atoms with Crippen LogP contribution in [0.25, 0.3) is 0 Å². The van der Waals surface area contributed by atoms with Crippen molar-refractivity contribution in [1.29, 1.82) is 0 Å². The Morgan fingerprint density at radius 2 is 2.11 bits per heavy atom. The first-order chi connectivity index (χ1) is 13.4. The van der Waals surface area contributed by atoms with E-state index in [9.17, 15) is 13.6 Å². The number of amides is 1. The zero-order valence-electron chi connectivity index (χ0n) is 16.8. The molecule has 1 atom stereocenters. The van der Waals surface area contributed by atoms with E-state index in [0.29, 0.717) is 31.4 Å². The summed E-state index contributed by atoms with van der Waals surface area (Å²) >= 11 is 0. The van der Waals surface area contributed by atoms with Crippen LogP contribution in [0.3, 0.4) is 0 Å². The molecule has 6 nitrogen and oxygen atoms in total. The smallest absolute Gasteiger partial charge is 0.387 e. The summed E-state index contributed by atoms with van der Waals surface area (Å²) in [5.41, 5.74) is 0.936. The summed E-state index contributed by atoms with van der Waals surface area (Å²) in [6.45, 7) is 2.11. The number of carbonyl (C=O) groups excluding carboxylic acids is 1. The molecule has 0 spiro atoms. The predicted molar refractivity (Wildman–Crippen MR) is 105 cm³/mol. The third-order valence-electron chi connectivity index (χ3n) is 4.77. The zero-order chi connectivity index (χ0) is 20.5. The number of likely N-dealkylation sites (tertiary alicyclic amines) is 1. The normalized spacial score (nSPS) is 17.6. The van der Waals surface area contributed by atoms with Gasteiger partial charge in [-0.25, -0.2) is 0 Å². The Labute approximate surface area is 165 Å². The molecule has 1 aliphatic heterocycles. The zero-order valence-corrected chi connectivity index (χ0v) is 16.8. The van der Waals surface area contributed by atoms with Crippen molar-refractivity contribution in [1.82, 2.24) is 15.1 Å². The predicted octanol–water partition coefficient (Wildman–Crippen LogP) is 2.94. The van der Waals surface area contributed by atoms with Gasteiger partial charge in [0.25, 0.3) is 0 Å². The van der Waals surface area contributed by atoms with Crippen LogP contribution in [-0.2, 0) is 11.3 Å². The number of alkyl halides is 2. The van der Waals surface area contributed by atoms with Crippen LogP contribution in [0, 0.1) is 5.92 Å². The molecule has 1 fully saturated rings. The molecule has 1 amide bonds. The molecule has 0 saturated carbocycles. The summed E-state index contributed by atoms with van der Waals surface area (Å²) in [4.78, 5) is 20.5. The van der Waals surface area contributed by atoms with Gasteiger partial charge in [-0.2, -0.15) is 8.78 Å². The molecule has 0 radical (unpaired) electrons. The topological polar surface area (TPSA) is 57.2 Å². The average molecular weight is 396 g/mol. The van der Waals surface area contributed by atoms with Crippen LogP contribution in [0.15, 0.2) is 29.3 Å². The van der Waals surface area contributed by atoms with Gasteiger partial charge in [0.1, 0.15) is 5.75 Å². The maximum atomic E-state index is 12.3. The molecule has 1 aromatic rings. The Kier molecular flexibility index (Phi) is 8.47. The van der Waals surface area contributed by atoms with Crippen LogP contribution in [0.2, 0.25) is 0 Å². The van der Waals surface area contributed by atoms with Gasteiger partial charge in [0.05, 0.1) is 0 Å². The molecule has 1 unspecified atom stereocenters. The van der Waals surface area contributed by atoms with E-state index in [1.54, 1.807) is 19.2 Å². The Balaban J connectivity index is 1.78. The number of ether oxygens (including phenoxy) is 1. The molecule has 1 aromatic carbocycles. The minimum atomic E-state index is -2.83. The largest absolute Gasteiger partial charge is 0.435 e. The molecule has 8 heteroatoms. The molecule has 0 bridgehead atoms. The second-order valence-corrected chi connectivity index (χ2v) is 7.19. The number of nitrogens with one attached hydrogen (secondary N) is 1. The highest BCUT2D eigenvalue weighted by atomic mass is 19.3. The number of hydrogen-bond acceptors (Lipinski definition) is 3. The average Bonchev–Trinajstić information content (AvgIpc) is 2.66. The molecule has 2 rings (SSSR count). The van der Waals surface area contributed by atoms with Crippen LogP contribution < -0.4 is 10.1 Å². The fourth-order valence-corrected chi connectivity index (χ4v) is 3.37. The van der Waals surface area contributed by atoms with Crippen molar-refractivity contribution in [3.05, 3.63) is 29.8 Å². The van der Waals surface area contributed by atoms with Gasteiger partial charge in [0.15, 0.2) is 5.96 Å². The number of rotatable bonds is 7. The lowest BCUT2D eigenvalue weighted by Gasteiger charge is -2.31. The molecule has 1 N–H and O–H groups in total. The molecule has 156 valence electrons. The Morgan fingerprint density at radius 3 is 2.71 bits per heavy atom. The second kappa shape index (κ2) is 10.8. The lowest BCUT2D eigenvalue weighted by molar-refractivity contribution is -0.132. The summed E-state index contributed by atoms with van der Waals surface area (Å²) in [6.07, 6.45) is 2.69. The van der Waals surface area contributed by atoms with E-state index in [2.05, 4.69) is 22.0 Å². The highest BCUT2D eigenvalue weighted by Gasteiger charge is 2.20. The number of hydrogen-bond donors (Lipinski definition) is 1. The minimum absolute atomic E-state index is 0.134. The highest BCUT2D eigenvalue weighted by molar-refractivity contribution is 5.81. The molecule has 28 heavy (non-hydrogen) atoms. The van der Waals surface area contributed by atoms with E-state index in [1.165, 1.54) is 18.6 Å². The first kappa shape index (κ1) is 21.9. The monoisotopic (exact) mass is 396 g/mol. The van der Waals surface area contributed by atoms with Crippen LogP contribution in [0.5, 0.6) is 5.75 Å². The maximum Gasteiger partial charge on any atom is 0.387 e. The molecule has 1 aliphatic rings. The molecular formula is C20H30F2N4O2. The molecule has 1 heterocycles. The van der Waals surface area contributed by atoms with Crippen molar-refractivity contribution >= 4 is 11.9 Å². The van der Waals surface area contributed by atoms with Crippen molar-refractivity contribution in [3.8, 4) is 5.75 Å². The summed E-state index contributed by atoms with van der Waals surface area (Å²) in [5, 5.41) is 3.21. The van der Waals surface area contributed by atoms with Gasteiger partial charge in [-0.3, -0.25) is 9.79 Å². The number of nitrogens with zero attached hydrogens (tertiary/aromatic N) is 3. The third-order valence-corrected chi connectivity index (χ3v) is 4.77. The van der Waals surface area contributed by atoms with Crippen molar-refractivity contribution in [2.24, 2.45) is 10.9 Å². The summed E-state index contributed by atoms with van der Waals surface area (Å²) in [5.74, 6) is 1.55. The Morgan fingerprint density at radius 1 is 1.39 bits per heavy atom. The van der Waals surface area contributed by atoms with Crippen LogP contribution in [-0.4, -0.2) is 62.0 Å². The van der Waals surface area contributed by atoms with E-state index >= 15 is 0 Å². The number of halogens is 2. The van der Waals surface area contributed by atoms with E-state index in [0.717, 1.165) is 25.1 Å². The van der Waals surface area contributed by atoms with Gasteiger partial charge >= 0.3 is 6.61 Å². The lowest BCUT2D eigenvalue weighted by atomic mass is 10.00. The molecule has 1 saturated heterocycles. The first-order valence-corrected chi connectivity index (χ1v) is 9.62. The summed E-state index contributed by atoms with van der Waals surface area (Å²) in [6, 6.07) is 6.51. The van der Waals surface area contributed by atoms with E-state index in [1.807, 2.05) is 16.8 Å². The summed E-state index contributed by atoms with van der Waals surface area (Å²) in [7, 11) is 3.57. The SMILES string of the molecule is CN=C(NCCC(=O)N1CCCC(C)C1)N(C)Cc1ccc(OC(F)F)cc1. The molecular weight excluding hydrogens is 366 g/mol. The van der Waals surface area contributed by atoms with Crippen LogP contribution in [0.4, 0.5) is 8.78 Å². The quantitative estimate of drug-likeness (QED) is 0.569. The Bertz CT molecular complexity index is 652. The number of guanidine groups is 1. The van der Waals surface area contributed by atoms with Gasteiger partial charge in [-0.15, -0.1) is 0 Å². The standard InChI is InChI=1S/C20H30F2N4O2/c1-15-5-4-12-26(13-15)18(27)10-11-24-20(23-2)25(3)14-16-6-8-17(9-7-16)28-19(21)22/h6-9,15,19H,4-5,10-14H2,1-3H3,(H,23,24). The Hall–Kier alpha value is -2.38. The van der Waals surface area contributed by atoms with Crippen molar-refractivity contribution in [2.45, 2.75) is 39.3 Å². The molecule has 0 aromatic heterocycles. The number of aliphatic imine (C=N–C) groups is 1. The van der Waals surface area contributed by atoms with Crippen molar-refractivity contribution in [2.75, 3.05) is 33.7 Å². The van der Waals surface area contributed by atoms with Crippen LogP contribution in [0.1, 0.15) is 31.7 Å². The van der Waals surface area contributed by atoms with Gasteiger partial charge in [-0.1, -0.05) is 19.1 Å². The van der Waals surface area contributed by atoms with E-state index in [4.69, 9.17) is 0 Å². The first-order valence-electron chi connectivity index (χ1n) is 9.62. The fraction of sp³-hybridized carbons (Fsp3) is 0.600. The van der Waals surface area contributed by atoms with Gasteiger partial charge in [0.2, 0.25) is 5.91 Å². The maximum absolute atomic E-state index is 12.3. The number of piperidine rings is 1. The number of carbonyl (C=O) groups is 1. The fourth-order valence-electron chi connectivity index (χ4n) is 3.37. The second-order valence-electron chi connectivity index (χ2n) is 7.19. The van der Waals surface area contributed by atoms with Crippen molar-refractivity contribution < 1.29 is 18.3 Å².